The lowest BCUT2D eigenvalue weighted by atomic mass is 10.2. The number of hydrogen-bond acceptors (Lipinski definition) is 4. The van der Waals surface area contributed by atoms with E-state index in [0.29, 0.717) is 5.75 Å². The zero-order valence-electron chi connectivity index (χ0n) is 13.3. The molecule has 4 nitrogen and oxygen atoms in total. The van der Waals surface area contributed by atoms with Crippen LogP contribution >= 0.6 is 0 Å². The van der Waals surface area contributed by atoms with Gasteiger partial charge in [-0.05, 0) is 49.8 Å². The zero-order valence-corrected chi connectivity index (χ0v) is 13.3. The van der Waals surface area contributed by atoms with E-state index in [4.69, 9.17) is 9.47 Å². The maximum Gasteiger partial charge on any atom is 0.363 e. The molecule has 1 aliphatic heterocycles. The van der Waals surface area contributed by atoms with Gasteiger partial charge in [-0.15, -0.1) is 0 Å². The van der Waals surface area contributed by atoms with Gasteiger partial charge < -0.3 is 9.47 Å². The second-order valence-corrected chi connectivity index (χ2v) is 5.55. The third kappa shape index (κ3) is 3.51. The second-order valence-electron chi connectivity index (χ2n) is 5.55. The molecule has 0 spiro atoms. The summed E-state index contributed by atoms with van der Waals surface area (Å²) in [4.78, 5) is 16.1. The molecule has 24 heavy (non-hydrogen) atoms. The highest BCUT2D eigenvalue weighted by Crippen LogP contribution is 2.22. The predicted octanol–water partition coefficient (Wildman–Crippen LogP) is 3.96. The van der Waals surface area contributed by atoms with E-state index >= 15 is 0 Å². The molecule has 2 aromatic rings. The first-order valence-electron chi connectivity index (χ1n) is 7.57. The number of rotatable bonds is 4. The van der Waals surface area contributed by atoms with Gasteiger partial charge in [-0.25, -0.2) is 14.2 Å². The van der Waals surface area contributed by atoms with E-state index in [1.165, 1.54) is 12.1 Å². The molecule has 0 atom stereocenters. The first-order valence-corrected chi connectivity index (χ1v) is 7.57. The van der Waals surface area contributed by atoms with Crippen molar-refractivity contribution in [1.29, 1.82) is 0 Å². The van der Waals surface area contributed by atoms with Gasteiger partial charge in [0.2, 0.25) is 5.90 Å². The molecule has 0 saturated heterocycles. The highest BCUT2D eigenvalue weighted by atomic mass is 19.1. The first kappa shape index (κ1) is 15.9. The molecule has 1 heterocycles. The van der Waals surface area contributed by atoms with E-state index in [-0.39, 0.29) is 23.3 Å². The number of nitrogens with zero attached hydrogens (tertiary/aromatic N) is 1. The maximum atomic E-state index is 13.8. The smallest absolute Gasteiger partial charge is 0.363 e. The number of esters is 1. The van der Waals surface area contributed by atoms with Gasteiger partial charge in [0.1, 0.15) is 11.6 Å². The molecule has 0 radical (unpaired) electrons. The summed E-state index contributed by atoms with van der Waals surface area (Å²) in [5.74, 6) is -0.427. The number of cyclic esters (lactones) is 1. The molecule has 0 amide bonds. The van der Waals surface area contributed by atoms with Crippen molar-refractivity contribution in [2.75, 3.05) is 0 Å². The van der Waals surface area contributed by atoms with E-state index in [1.54, 1.807) is 24.3 Å². The number of aliphatic imine (C=N–C) groups is 1. The Morgan fingerprint density at radius 1 is 1.17 bits per heavy atom. The van der Waals surface area contributed by atoms with Crippen molar-refractivity contribution in [3.8, 4) is 5.75 Å². The Morgan fingerprint density at radius 3 is 2.71 bits per heavy atom. The van der Waals surface area contributed by atoms with Crippen LogP contribution in [0.2, 0.25) is 0 Å². The summed E-state index contributed by atoms with van der Waals surface area (Å²) in [6.45, 7) is 3.87. The van der Waals surface area contributed by atoms with Crippen molar-refractivity contribution in [2.24, 2.45) is 4.99 Å². The molecule has 0 fully saturated rings. The molecule has 5 heteroatoms. The fourth-order valence-corrected chi connectivity index (χ4v) is 2.27. The monoisotopic (exact) mass is 325 g/mol. The molecule has 0 unspecified atom stereocenters. The molecular weight excluding hydrogens is 309 g/mol. The van der Waals surface area contributed by atoms with Gasteiger partial charge >= 0.3 is 5.97 Å². The van der Waals surface area contributed by atoms with Gasteiger partial charge in [0, 0.05) is 0 Å². The van der Waals surface area contributed by atoms with Crippen LogP contribution in [0.3, 0.4) is 0 Å². The van der Waals surface area contributed by atoms with E-state index < -0.39 is 11.8 Å². The van der Waals surface area contributed by atoms with Crippen molar-refractivity contribution in [1.82, 2.24) is 0 Å². The average Bonchev–Trinajstić information content (AvgIpc) is 2.88. The summed E-state index contributed by atoms with van der Waals surface area (Å²) in [6.07, 6.45) is 1.64. The van der Waals surface area contributed by atoms with Crippen molar-refractivity contribution < 1.29 is 18.7 Å². The molecule has 2 aromatic carbocycles. The Morgan fingerprint density at radius 2 is 1.96 bits per heavy atom. The summed E-state index contributed by atoms with van der Waals surface area (Å²) >= 11 is 0. The number of hydrogen-bond donors (Lipinski definition) is 0. The lowest BCUT2D eigenvalue weighted by Gasteiger charge is -2.09. The van der Waals surface area contributed by atoms with Crippen LogP contribution in [0.5, 0.6) is 5.75 Å². The Bertz CT molecular complexity index is 840. The predicted molar refractivity (Wildman–Crippen MR) is 89.2 cm³/mol. The largest absolute Gasteiger partial charge is 0.491 e. The number of halogens is 1. The Labute approximate surface area is 139 Å². The molecular formula is C19H16FNO3. The highest BCUT2D eigenvalue weighted by molar-refractivity contribution is 6.12. The Balaban J connectivity index is 1.90. The third-order valence-electron chi connectivity index (χ3n) is 3.26. The molecule has 0 N–H and O–H groups in total. The number of benzene rings is 2. The Kier molecular flexibility index (Phi) is 4.42. The number of carbonyl (C=O) groups is 1. The summed E-state index contributed by atoms with van der Waals surface area (Å²) in [5, 5.41) is 0. The van der Waals surface area contributed by atoms with Gasteiger partial charge in [-0.2, -0.15) is 0 Å². The SMILES string of the molecule is CC(C)Oc1cccc(/C=C2\N=C(c3ccccc3F)OC2=O)c1. The minimum Gasteiger partial charge on any atom is -0.491 e. The minimum atomic E-state index is -0.608. The molecule has 0 aliphatic carbocycles. The molecule has 122 valence electrons. The van der Waals surface area contributed by atoms with Crippen LogP contribution in [0.25, 0.3) is 6.08 Å². The summed E-state index contributed by atoms with van der Waals surface area (Å²) in [6, 6.07) is 13.3. The van der Waals surface area contributed by atoms with Crippen LogP contribution in [0.1, 0.15) is 25.0 Å². The number of ether oxygens (including phenoxy) is 2. The van der Waals surface area contributed by atoms with E-state index in [1.807, 2.05) is 32.0 Å². The van der Waals surface area contributed by atoms with Crippen LogP contribution in [0, 0.1) is 5.82 Å². The summed E-state index contributed by atoms with van der Waals surface area (Å²) in [7, 11) is 0. The minimum absolute atomic E-state index is 0.0288. The van der Waals surface area contributed by atoms with Crippen molar-refractivity contribution in [3.05, 3.63) is 71.2 Å². The van der Waals surface area contributed by atoms with Crippen LogP contribution in [0.4, 0.5) is 4.39 Å². The standard InChI is InChI=1S/C19H16FNO3/c1-12(2)23-14-7-5-6-13(10-14)11-17-19(22)24-18(21-17)15-8-3-4-9-16(15)20/h3-12H,1-2H3/b17-11-. The lowest BCUT2D eigenvalue weighted by Crippen LogP contribution is -2.07. The van der Waals surface area contributed by atoms with Gasteiger partial charge in [0.15, 0.2) is 5.70 Å². The summed E-state index contributed by atoms with van der Waals surface area (Å²) < 4.78 is 24.5. The normalized spacial score (nSPS) is 15.6. The zero-order chi connectivity index (χ0) is 17.1. The van der Waals surface area contributed by atoms with Gasteiger partial charge in [-0.3, -0.25) is 0 Å². The van der Waals surface area contributed by atoms with Crippen LogP contribution in [-0.2, 0) is 9.53 Å². The number of carbonyl (C=O) groups excluding carboxylic acids is 1. The Hall–Kier alpha value is -2.95. The van der Waals surface area contributed by atoms with E-state index in [0.717, 1.165) is 5.56 Å². The van der Waals surface area contributed by atoms with Crippen molar-refractivity contribution in [3.63, 3.8) is 0 Å². The van der Waals surface area contributed by atoms with Gasteiger partial charge in [0.05, 0.1) is 11.7 Å². The van der Waals surface area contributed by atoms with Gasteiger partial charge in [-0.1, -0.05) is 24.3 Å². The van der Waals surface area contributed by atoms with E-state index in [9.17, 15) is 9.18 Å². The highest BCUT2D eigenvalue weighted by Gasteiger charge is 2.25. The van der Waals surface area contributed by atoms with Crippen molar-refractivity contribution >= 4 is 17.9 Å². The summed E-state index contributed by atoms with van der Waals surface area (Å²) in [5.41, 5.74) is 1.03. The fourth-order valence-electron chi connectivity index (χ4n) is 2.27. The third-order valence-corrected chi connectivity index (χ3v) is 3.26. The van der Waals surface area contributed by atoms with Crippen LogP contribution in [-0.4, -0.2) is 18.0 Å². The topological polar surface area (TPSA) is 47.9 Å². The molecule has 3 rings (SSSR count). The van der Waals surface area contributed by atoms with E-state index in [2.05, 4.69) is 4.99 Å². The van der Waals surface area contributed by atoms with Crippen LogP contribution < -0.4 is 4.74 Å². The molecule has 1 aliphatic rings. The molecule has 0 saturated carbocycles. The van der Waals surface area contributed by atoms with Crippen LogP contribution in [0.15, 0.2) is 59.2 Å². The first-order chi connectivity index (χ1) is 11.5. The average molecular weight is 325 g/mol. The maximum absolute atomic E-state index is 13.8. The molecule has 0 bridgehead atoms. The second kappa shape index (κ2) is 6.66. The van der Waals surface area contributed by atoms with Gasteiger partial charge in [0.25, 0.3) is 0 Å². The lowest BCUT2D eigenvalue weighted by molar-refractivity contribution is -0.129. The fraction of sp³-hybridized carbons (Fsp3) is 0.158. The van der Waals surface area contributed by atoms with Crippen molar-refractivity contribution in [2.45, 2.75) is 20.0 Å². The molecule has 0 aromatic heterocycles. The quantitative estimate of drug-likeness (QED) is 0.631.